The second-order valence-corrected chi connectivity index (χ2v) is 6.24. The molecule has 0 saturated carbocycles. The largest absolute Gasteiger partial charge is 0.503 e. The van der Waals surface area contributed by atoms with Gasteiger partial charge >= 0.3 is 0 Å². The minimum atomic E-state index is -0.948. The van der Waals surface area contributed by atoms with E-state index in [9.17, 15) is 24.8 Å². The monoisotopic (exact) mass is 362 g/mol. The smallest absolute Gasteiger partial charge is 0.290 e. The molecule has 1 aliphatic rings. The van der Waals surface area contributed by atoms with Crippen LogP contribution < -0.4 is 4.90 Å². The molecule has 8 nitrogen and oxygen atoms in total. The van der Waals surface area contributed by atoms with Gasteiger partial charge in [-0.05, 0) is 26.8 Å². The minimum Gasteiger partial charge on any atom is -0.503 e. The zero-order valence-corrected chi connectivity index (χ0v) is 15.2. The Hall–Kier alpha value is -2.74. The maximum Gasteiger partial charge on any atom is 0.290 e. The number of nitrogens with one attached hydrogen (secondary N) is 1. The number of hydrogen-bond donors (Lipinski definition) is 2. The van der Waals surface area contributed by atoms with Crippen molar-refractivity contribution in [2.45, 2.75) is 26.8 Å². The van der Waals surface area contributed by atoms with Crippen molar-refractivity contribution < 1.29 is 24.5 Å². The van der Waals surface area contributed by atoms with Crippen molar-refractivity contribution in [1.82, 2.24) is 4.90 Å². The van der Waals surface area contributed by atoms with Crippen LogP contribution in [0.4, 0.5) is 5.69 Å². The van der Waals surface area contributed by atoms with Crippen LogP contribution in [0, 0.1) is 10.1 Å². The lowest BCUT2D eigenvalue weighted by atomic mass is 9.95. The number of aliphatic hydroxyl groups is 1. The number of para-hydroxylation sites is 1. The average Bonchev–Trinajstić information content (AvgIpc) is 2.87. The highest BCUT2D eigenvalue weighted by Gasteiger charge is 2.44. The van der Waals surface area contributed by atoms with E-state index in [0.29, 0.717) is 6.54 Å². The fourth-order valence-corrected chi connectivity index (χ4v) is 3.33. The van der Waals surface area contributed by atoms with Gasteiger partial charge in [0.25, 0.3) is 11.6 Å². The zero-order valence-electron chi connectivity index (χ0n) is 15.2. The molecule has 26 heavy (non-hydrogen) atoms. The summed E-state index contributed by atoms with van der Waals surface area (Å²) in [5.74, 6) is -1.75. The quantitative estimate of drug-likeness (QED) is 0.526. The van der Waals surface area contributed by atoms with Gasteiger partial charge in [-0.25, -0.2) is 0 Å². The summed E-state index contributed by atoms with van der Waals surface area (Å²) in [4.78, 5) is 38.1. The third-order valence-corrected chi connectivity index (χ3v) is 4.82. The van der Waals surface area contributed by atoms with Gasteiger partial charge in [-0.1, -0.05) is 12.1 Å². The number of carbonyl (C=O) groups is 2. The van der Waals surface area contributed by atoms with E-state index in [2.05, 4.69) is 0 Å². The van der Waals surface area contributed by atoms with Crippen LogP contribution in [0.25, 0.3) is 0 Å². The zero-order chi connectivity index (χ0) is 19.4. The van der Waals surface area contributed by atoms with Gasteiger partial charge in [0.05, 0.1) is 48.3 Å². The van der Waals surface area contributed by atoms with Gasteiger partial charge in [-0.15, -0.1) is 0 Å². The maximum atomic E-state index is 12.6. The first-order valence-corrected chi connectivity index (χ1v) is 8.65. The SMILES string of the molecule is CC[NH+](CC)CCN1C(=O)C(O)=C(C(C)=O)[C@@H]1c1ccccc1[N+](=O)[O-]. The van der Waals surface area contributed by atoms with Crippen LogP contribution in [-0.4, -0.2) is 52.8 Å². The molecule has 0 unspecified atom stereocenters. The molecule has 0 bridgehead atoms. The molecule has 0 radical (unpaired) electrons. The van der Waals surface area contributed by atoms with Crippen molar-refractivity contribution in [3.8, 4) is 0 Å². The van der Waals surface area contributed by atoms with Crippen molar-refractivity contribution in [2.75, 3.05) is 26.2 Å². The number of hydrogen-bond acceptors (Lipinski definition) is 5. The maximum absolute atomic E-state index is 12.6. The molecular formula is C18H24N3O5+. The molecule has 8 heteroatoms. The molecule has 2 N–H and O–H groups in total. The lowest BCUT2D eigenvalue weighted by Crippen LogP contribution is -3.12. The molecule has 1 atom stereocenters. The van der Waals surface area contributed by atoms with E-state index in [1.54, 1.807) is 6.07 Å². The Balaban J connectivity index is 2.50. The molecular weight excluding hydrogens is 338 g/mol. The topological polar surface area (TPSA) is 105 Å². The van der Waals surface area contributed by atoms with Crippen molar-refractivity contribution in [3.63, 3.8) is 0 Å². The van der Waals surface area contributed by atoms with Crippen LogP contribution in [0.1, 0.15) is 32.4 Å². The lowest BCUT2D eigenvalue weighted by molar-refractivity contribution is -0.895. The van der Waals surface area contributed by atoms with Crippen molar-refractivity contribution in [2.24, 2.45) is 0 Å². The molecule has 0 aromatic heterocycles. The fourth-order valence-electron chi connectivity index (χ4n) is 3.33. The number of ketones is 1. The Labute approximate surface area is 151 Å². The molecule has 0 saturated heterocycles. The second kappa shape index (κ2) is 8.09. The summed E-state index contributed by atoms with van der Waals surface area (Å²) >= 11 is 0. The van der Waals surface area contributed by atoms with Gasteiger partial charge in [-0.2, -0.15) is 0 Å². The third-order valence-electron chi connectivity index (χ3n) is 4.82. The van der Waals surface area contributed by atoms with E-state index in [-0.39, 0.29) is 23.4 Å². The van der Waals surface area contributed by atoms with Gasteiger partial charge in [0.1, 0.15) is 0 Å². The van der Waals surface area contributed by atoms with Gasteiger partial charge in [-0.3, -0.25) is 19.7 Å². The molecule has 0 spiro atoms. The number of aliphatic hydroxyl groups excluding tert-OH is 1. The van der Waals surface area contributed by atoms with E-state index >= 15 is 0 Å². The average molecular weight is 362 g/mol. The summed E-state index contributed by atoms with van der Waals surface area (Å²) in [6.07, 6.45) is 0. The number of amides is 1. The van der Waals surface area contributed by atoms with E-state index in [1.807, 2.05) is 13.8 Å². The van der Waals surface area contributed by atoms with Gasteiger partial charge in [0.2, 0.25) is 0 Å². The number of benzene rings is 1. The predicted molar refractivity (Wildman–Crippen MR) is 94.8 cm³/mol. The Morgan fingerprint density at radius 3 is 2.46 bits per heavy atom. The Kier molecular flexibility index (Phi) is 6.10. The Bertz CT molecular complexity index is 755. The standard InChI is InChI=1S/C18H23N3O5/c1-4-19(5-2)10-11-20-16(15(12(3)22)17(23)18(20)24)13-8-6-7-9-14(13)21(25)26/h6-9,16,23H,4-5,10-11H2,1-3H3/p+1/t16-/m0/s1. The molecule has 1 amide bonds. The van der Waals surface area contributed by atoms with Crippen LogP contribution in [0.15, 0.2) is 35.6 Å². The van der Waals surface area contributed by atoms with E-state index in [1.165, 1.54) is 34.9 Å². The molecule has 1 heterocycles. The molecule has 1 aromatic rings. The summed E-state index contributed by atoms with van der Waals surface area (Å²) in [5, 5.41) is 21.6. The first kappa shape index (κ1) is 19.6. The Morgan fingerprint density at radius 1 is 1.31 bits per heavy atom. The highest BCUT2D eigenvalue weighted by molar-refractivity contribution is 6.08. The number of nitro benzene ring substituents is 1. The first-order valence-electron chi connectivity index (χ1n) is 8.65. The van der Waals surface area contributed by atoms with Crippen LogP contribution in [0.2, 0.25) is 0 Å². The van der Waals surface area contributed by atoms with Gasteiger partial charge in [0.15, 0.2) is 11.5 Å². The van der Waals surface area contributed by atoms with Crippen molar-refractivity contribution in [1.29, 1.82) is 0 Å². The highest BCUT2D eigenvalue weighted by atomic mass is 16.6. The number of likely N-dealkylation sites (N-methyl/N-ethyl adjacent to an activating group) is 1. The summed E-state index contributed by atoms with van der Waals surface area (Å²) in [5.41, 5.74) is -0.0348. The summed E-state index contributed by atoms with van der Waals surface area (Å²) in [6.45, 7) is 7.95. The number of nitro groups is 1. The van der Waals surface area contributed by atoms with Crippen molar-refractivity contribution >= 4 is 17.4 Å². The van der Waals surface area contributed by atoms with Crippen LogP contribution in [0.5, 0.6) is 0 Å². The fraction of sp³-hybridized carbons (Fsp3) is 0.444. The van der Waals surface area contributed by atoms with Crippen LogP contribution >= 0.6 is 0 Å². The summed E-state index contributed by atoms with van der Waals surface area (Å²) < 4.78 is 0. The molecule has 2 rings (SSSR count). The van der Waals surface area contributed by atoms with Crippen LogP contribution in [-0.2, 0) is 9.59 Å². The van der Waals surface area contributed by atoms with Crippen molar-refractivity contribution in [3.05, 3.63) is 51.3 Å². The molecule has 1 aliphatic heterocycles. The normalized spacial score (nSPS) is 17.3. The Morgan fingerprint density at radius 2 is 1.92 bits per heavy atom. The predicted octanol–water partition coefficient (Wildman–Crippen LogP) is 0.804. The number of Topliss-reactive ketones (excluding diaryl/α,β-unsaturated/α-hetero) is 1. The number of nitrogens with zero attached hydrogens (tertiary/aromatic N) is 2. The van der Waals surface area contributed by atoms with Crippen LogP contribution in [0.3, 0.4) is 0 Å². The highest BCUT2D eigenvalue weighted by Crippen LogP contribution is 2.40. The summed E-state index contributed by atoms with van der Waals surface area (Å²) in [6, 6.07) is 5.06. The lowest BCUT2D eigenvalue weighted by Gasteiger charge is -2.27. The number of quaternary nitrogens is 1. The van der Waals surface area contributed by atoms with E-state index in [4.69, 9.17) is 0 Å². The molecule has 0 aliphatic carbocycles. The molecule has 140 valence electrons. The third kappa shape index (κ3) is 3.60. The number of rotatable bonds is 8. The molecule has 1 aromatic carbocycles. The van der Waals surface area contributed by atoms with E-state index < -0.39 is 28.4 Å². The van der Waals surface area contributed by atoms with Gasteiger partial charge < -0.3 is 14.9 Å². The second-order valence-electron chi connectivity index (χ2n) is 6.24. The van der Waals surface area contributed by atoms with E-state index in [0.717, 1.165) is 13.1 Å². The van der Waals surface area contributed by atoms with Gasteiger partial charge in [0, 0.05) is 6.07 Å². The summed E-state index contributed by atoms with van der Waals surface area (Å²) in [7, 11) is 0. The molecule has 0 fully saturated rings. The minimum absolute atomic E-state index is 0.0844. The number of carbonyl (C=O) groups excluding carboxylic acids is 2. The first-order chi connectivity index (χ1) is 12.3.